The zero-order valence-electron chi connectivity index (χ0n) is 9.88. The maximum absolute atomic E-state index is 12.0. The minimum absolute atomic E-state index is 0.158. The summed E-state index contributed by atoms with van der Waals surface area (Å²) < 4.78 is 5.31. The minimum atomic E-state index is -0.438. The molecule has 2 aromatic rings. The molecule has 0 saturated carbocycles. The number of hydrogen-bond acceptors (Lipinski definition) is 3. The lowest BCUT2D eigenvalue weighted by Gasteiger charge is -2.08. The predicted octanol–water partition coefficient (Wildman–Crippen LogP) is 2.75. The Bertz CT molecular complexity index is 617. The van der Waals surface area contributed by atoms with E-state index in [1.807, 2.05) is 37.3 Å². The van der Waals surface area contributed by atoms with Crippen LogP contribution in [0, 0.1) is 6.92 Å². The summed E-state index contributed by atoms with van der Waals surface area (Å²) in [5.74, 6) is 0.00836. The molecular formula is C15H12O3. The predicted molar refractivity (Wildman–Crippen MR) is 66.8 cm³/mol. The highest BCUT2D eigenvalue weighted by molar-refractivity contribution is 5.90. The van der Waals surface area contributed by atoms with Crippen LogP contribution in [-0.2, 0) is 4.79 Å². The third-order valence-electron chi connectivity index (χ3n) is 3.17. The number of fused-ring (bicyclic) bond motifs is 1. The standard InChI is InChI=1S/C15H12O3/c1-9-7-11(16)8-12-13(15(17)18-14(9)12)10-5-3-2-4-6-10/h2-8,13,16H,1H3. The average Bonchev–Trinajstić information content (AvgIpc) is 2.67. The van der Waals surface area contributed by atoms with E-state index in [4.69, 9.17) is 4.74 Å². The molecule has 0 spiro atoms. The van der Waals surface area contributed by atoms with Gasteiger partial charge in [0.25, 0.3) is 0 Å². The number of carbonyl (C=O) groups is 1. The van der Waals surface area contributed by atoms with E-state index >= 15 is 0 Å². The second-order valence-corrected chi connectivity index (χ2v) is 4.45. The highest BCUT2D eigenvalue weighted by atomic mass is 16.5. The lowest BCUT2D eigenvalue weighted by molar-refractivity contribution is -0.133. The van der Waals surface area contributed by atoms with E-state index in [1.165, 1.54) is 0 Å². The molecule has 1 aliphatic rings. The average molecular weight is 240 g/mol. The van der Waals surface area contributed by atoms with Crippen molar-refractivity contribution in [2.45, 2.75) is 12.8 Å². The molecule has 18 heavy (non-hydrogen) atoms. The van der Waals surface area contributed by atoms with Gasteiger partial charge in [-0.15, -0.1) is 0 Å². The van der Waals surface area contributed by atoms with Crippen molar-refractivity contribution in [2.24, 2.45) is 0 Å². The van der Waals surface area contributed by atoms with Crippen LogP contribution < -0.4 is 4.74 Å². The molecule has 3 rings (SSSR count). The molecule has 2 aromatic carbocycles. The van der Waals surface area contributed by atoms with Gasteiger partial charge < -0.3 is 9.84 Å². The normalized spacial score (nSPS) is 17.4. The number of esters is 1. The van der Waals surface area contributed by atoms with Crippen molar-refractivity contribution in [1.82, 2.24) is 0 Å². The molecule has 0 saturated heterocycles. The van der Waals surface area contributed by atoms with Gasteiger partial charge in [0, 0.05) is 5.56 Å². The van der Waals surface area contributed by atoms with Crippen LogP contribution in [0.3, 0.4) is 0 Å². The summed E-state index contributed by atoms with van der Waals surface area (Å²) >= 11 is 0. The second-order valence-electron chi connectivity index (χ2n) is 4.45. The van der Waals surface area contributed by atoms with Crippen molar-refractivity contribution in [2.75, 3.05) is 0 Å². The molecular weight excluding hydrogens is 228 g/mol. The fourth-order valence-corrected chi connectivity index (χ4v) is 2.38. The Morgan fingerprint density at radius 1 is 1.17 bits per heavy atom. The lowest BCUT2D eigenvalue weighted by atomic mass is 9.91. The largest absolute Gasteiger partial charge is 0.508 e. The second kappa shape index (κ2) is 3.88. The van der Waals surface area contributed by atoms with Crippen molar-refractivity contribution >= 4 is 5.97 Å². The molecule has 0 amide bonds. The Morgan fingerprint density at radius 3 is 2.61 bits per heavy atom. The molecule has 0 fully saturated rings. The Labute approximate surface area is 105 Å². The number of benzene rings is 2. The molecule has 1 N–H and O–H groups in total. The summed E-state index contributed by atoms with van der Waals surface area (Å²) in [5, 5.41) is 9.66. The lowest BCUT2D eigenvalue weighted by Crippen LogP contribution is -2.11. The van der Waals surface area contributed by atoms with Crippen LogP contribution >= 0.6 is 0 Å². The third-order valence-corrected chi connectivity index (χ3v) is 3.17. The first-order chi connectivity index (χ1) is 8.66. The molecule has 1 aliphatic heterocycles. The van der Waals surface area contributed by atoms with Gasteiger partial charge in [0.05, 0.1) is 0 Å². The summed E-state index contributed by atoms with van der Waals surface area (Å²) in [5.41, 5.74) is 2.40. The van der Waals surface area contributed by atoms with Crippen molar-refractivity contribution in [1.29, 1.82) is 0 Å². The number of rotatable bonds is 1. The van der Waals surface area contributed by atoms with Crippen molar-refractivity contribution < 1.29 is 14.6 Å². The number of phenolic OH excluding ortho intramolecular Hbond substituents is 1. The summed E-state index contributed by atoms with van der Waals surface area (Å²) in [6, 6.07) is 12.6. The number of aryl methyl sites for hydroxylation is 1. The summed E-state index contributed by atoms with van der Waals surface area (Å²) in [7, 11) is 0. The van der Waals surface area contributed by atoms with Crippen LogP contribution in [0.4, 0.5) is 0 Å². The Kier molecular flexibility index (Phi) is 2.33. The van der Waals surface area contributed by atoms with E-state index in [0.717, 1.165) is 16.7 Å². The molecule has 1 atom stereocenters. The maximum atomic E-state index is 12.0. The molecule has 0 radical (unpaired) electrons. The Morgan fingerprint density at radius 2 is 1.89 bits per heavy atom. The number of carbonyl (C=O) groups excluding carboxylic acids is 1. The summed E-state index contributed by atoms with van der Waals surface area (Å²) in [6.45, 7) is 1.82. The number of hydrogen-bond donors (Lipinski definition) is 1. The third kappa shape index (κ3) is 1.56. The Hall–Kier alpha value is -2.29. The smallest absolute Gasteiger partial charge is 0.323 e. The molecule has 0 aromatic heterocycles. The van der Waals surface area contributed by atoms with E-state index in [0.29, 0.717) is 5.75 Å². The Balaban J connectivity index is 2.18. The molecule has 3 nitrogen and oxygen atoms in total. The van der Waals surface area contributed by atoms with Gasteiger partial charge in [-0.25, -0.2) is 0 Å². The van der Waals surface area contributed by atoms with Crippen LogP contribution in [0.1, 0.15) is 22.6 Å². The molecule has 3 heteroatoms. The van der Waals surface area contributed by atoms with E-state index in [9.17, 15) is 9.90 Å². The maximum Gasteiger partial charge on any atom is 0.323 e. The molecule has 1 heterocycles. The van der Waals surface area contributed by atoms with E-state index in [-0.39, 0.29) is 11.7 Å². The highest BCUT2D eigenvalue weighted by Gasteiger charge is 2.35. The van der Waals surface area contributed by atoms with Crippen LogP contribution in [0.2, 0.25) is 0 Å². The van der Waals surface area contributed by atoms with Gasteiger partial charge in [-0.1, -0.05) is 30.3 Å². The topological polar surface area (TPSA) is 46.5 Å². The van der Waals surface area contributed by atoms with Gasteiger partial charge in [-0.2, -0.15) is 0 Å². The van der Waals surface area contributed by atoms with Crippen molar-refractivity contribution in [3.8, 4) is 11.5 Å². The SMILES string of the molecule is Cc1cc(O)cc2c1OC(=O)C2c1ccccc1. The van der Waals surface area contributed by atoms with E-state index < -0.39 is 5.92 Å². The molecule has 0 bridgehead atoms. The number of ether oxygens (including phenoxy) is 1. The summed E-state index contributed by atoms with van der Waals surface area (Å²) in [6.07, 6.45) is 0. The van der Waals surface area contributed by atoms with Gasteiger partial charge in [0.1, 0.15) is 17.4 Å². The molecule has 1 unspecified atom stereocenters. The van der Waals surface area contributed by atoms with Gasteiger partial charge in [0.15, 0.2) is 0 Å². The summed E-state index contributed by atoms with van der Waals surface area (Å²) in [4.78, 5) is 12.0. The monoisotopic (exact) mass is 240 g/mol. The van der Waals surface area contributed by atoms with Gasteiger partial charge in [-0.05, 0) is 30.2 Å². The zero-order chi connectivity index (χ0) is 12.7. The molecule has 0 aliphatic carbocycles. The van der Waals surface area contributed by atoms with Gasteiger partial charge in [-0.3, -0.25) is 4.79 Å². The van der Waals surface area contributed by atoms with Crippen LogP contribution in [0.25, 0.3) is 0 Å². The van der Waals surface area contributed by atoms with Crippen LogP contribution in [0.15, 0.2) is 42.5 Å². The fourth-order valence-electron chi connectivity index (χ4n) is 2.38. The minimum Gasteiger partial charge on any atom is -0.508 e. The van der Waals surface area contributed by atoms with Crippen LogP contribution in [0.5, 0.6) is 11.5 Å². The first-order valence-corrected chi connectivity index (χ1v) is 5.77. The fraction of sp³-hybridized carbons (Fsp3) is 0.133. The van der Waals surface area contributed by atoms with E-state index in [1.54, 1.807) is 12.1 Å². The number of aromatic hydroxyl groups is 1. The van der Waals surface area contributed by atoms with E-state index in [2.05, 4.69) is 0 Å². The number of phenols is 1. The quantitative estimate of drug-likeness (QED) is 0.615. The molecule has 90 valence electrons. The van der Waals surface area contributed by atoms with Crippen molar-refractivity contribution in [3.63, 3.8) is 0 Å². The van der Waals surface area contributed by atoms with Gasteiger partial charge in [0.2, 0.25) is 0 Å². The first kappa shape index (κ1) is 10.8. The van der Waals surface area contributed by atoms with Crippen molar-refractivity contribution in [3.05, 3.63) is 59.2 Å². The highest BCUT2D eigenvalue weighted by Crippen LogP contribution is 2.42. The van der Waals surface area contributed by atoms with Gasteiger partial charge >= 0.3 is 5.97 Å². The zero-order valence-corrected chi connectivity index (χ0v) is 9.88. The van der Waals surface area contributed by atoms with Crippen LogP contribution in [-0.4, -0.2) is 11.1 Å². The first-order valence-electron chi connectivity index (χ1n) is 5.77.